The molecule has 0 fully saturated rings. The number of aromatic nitrogens is 2. The van der Waals surface area contributed by atoms with Crippen LogP contribution in [0.3, 0.4) is 0 Å². The fourth-order valence-corrected chi connectivity index (χ4v) is 1.36. The van der Waals surface area contributed by atoms with Crippen molar-refractivity contribution in [1.82, 2.24) is 9.97 Å². The lowest BCUT2D eigenvalue weighted by Crippen LogP contribution is -1.89. The predicted octanol–water partition coefficient (Wildman–Crippen LogP) is 1.16. The second kappa shape index (κ2) is 3.10. The summed E-state index contributed by atoms with van der Waals surface area (Å²) in [6.45, 7) is 0. The van der Waals surface area contributed by atoms with Crippen LogP contribution in [0.4, 0.5) is 5.95 Å². The van der Waals surface area contributed by atoms with Gasteiger partial charge in [0, 0.05) is 12.1 Å². The van der Waals surface area contributed by atoms with Crippen LogP contribution in [0.15, 0.2) is 12.1 Å². The summed E-state index contributed by atoms with van der Waals surface area (Å²) in [4.78, 5) is 7.00. The number of nitrogens with one attached hydrogen (secondary N) is 1. The van der Waals surface area contributed by atoms with Crippen LogP contribution in [0.2, 0.25) is 0 Å². The van der Waals surface area contributed by atoms with Gasteiger partial charge in [-0.3, -0.25) is 0 Å². The van der Waals surface area contributed by atoms with Gasteiger partial charge >= 0.3 is 0 Å². The summed E-state index contributed by atoms with van der Waals surface area (Å²) in [6.07, 6.45) is 0. The van der Waals surface area contributed by atoms with Crippen molar-refractivity contribution >= 4 is 17.0 Å². The molecule has 0 aliphatic heterocycles. The summed E-state index contributed by atoms with van der Waals surface area (Å²) >= 11 is 0. The SMILES string of the molecule is COc1cc2nc(N)[nH]c2cc1OC. The molecule has 0 saturated carbocycles. The van der Waals surface area contributed by atoms with E-state index >= 15 is 0 Å². The maximum atomic E-state index is 5.53. The largest absolute Gasteiger partial charge is 0.493 e. The van der Waals surface area contributed by atoms with Gasteiger partial charge in [-0.1, -0.05) is 0 Å². The second-order valence-electron chi connectivity index (χ2n) is 2.85. The van der Waals surface area contributed by atoms with Crippen LogP contribution >= 0.6 is 0 Å². The topological polar surface area (TPSA) is 73.2 Å². The van der Waals surface area contributed by atoms with Crippen LogP contribution in [0.25, 0.3) is 11.0 Å². The lowest BCUT2D eigenvalue weighted by molar-refractivity contribution is 0.356. The van der Waals surface area contributed by atoms with E-state index in [4.69, 9.17) is 15.2 Å². The number of nitrogens with two attached hydrogens (primary N) is 1. The van der Waals surface area contributed by atoms with Crippen molar-refractivity contribution in [2.45, 2.75) is 0 Å². The number of aromatic amines is 1. The summed E-state index contributed by atoms with van der Waals surface area (Å²) in [6, 6.07) is 3.58. The number of nitrogen functional groups attached to an aromatic ring is 1. The van der Waals surface area contributed by atoms with Crippen LogP contribution in [0.5, 0.6) is 11.5 Å². The molecule has 0 aliphatic rings. The first kappa shape index (κ1) is 8.68. The Morgan fingerprint density at radius 3 is 2.50 bits per heavy atom. The van der Waals surface area contributed by atoms with Crippen molar-refractivity contribution in [3.63, 3.8) is 0 Å². The molecule has 1 aromatic heterocycles. The van der Waals surface area contributed by atoms with Gasteiger partial charge in [0.25, 0.3) is 0 Å². The highest BCUT2D eigenvalue weighted by molar-refractivity contribution is 5.81. The zero-order valence-electron chi connectivity index (χ0n) is 8.00. The molecule has 1 heterocycles. The maximum absolute atomic E-state index is 5.53. The van der Waals surface area contributed by atoms with Crippen LogP contribution in [-0.2, 0) is 0 Å². The van der Waals surface area contributed by atoms with Gasteiger partial charge < -0.3 is 20.2 Å². The standard InChI is InChI=1S/C9H11N3O2/c1-13-7-3-5-6(4-8(7)14-2)12-9(10)11-5/h3-4H,1-2H3,(H3,10,11,12). The molecule has 0 aliphatic carbocycles. The summed E-state index contributed by atoms with van der Waals surface area (Å²) < 4.78 is 10.3. The summed E-state index contributed by atoms with van der Waals surface area (Å²) in [5.41, 5.74) is 7.12. The first-order chi connectivity index (χ1) is 6.74. The van der Waals surface area contributed by atoms with E-state index in [0.717, 1.165) is 11.0 Å². The fourth-order valence-electron chi connectivity index (χ4n) is 1.36. The third-order valence-electron chi connectivity index (χ3n) is 2.01. The average molecular weight is 193 g/mol. The fraction of sp³-hybridized carbons (Fsp3) is 0.222. The van der Waals surface area contributed by atoms with E-state index in [0.29, 0.717) is 17.4 Å². The van der Waals surface area contributed by atoms with E-state index in [1.807, 2.05) is 0 Å². The monoisotopic (exact) mass is 193 g/mol. The molecule has 5 nitrogen and oxygen atoms in total. The molecule has 0 spiro atoms. The van der Waals surface area contributed by atoms with Crippen molar-refractivity contribution in [2.24, 2.45) is 0 Å². The van der Waals surface area contributed by atoms with Crippen LogP contribution in [0, 0.1) is 0 Å². The Bertz CT molecular complexity index is 423. The lowest BCUT2D eigenvalue weighted by Gasteiger charge is -2.05. The number of methoxy groups -OCH3 is 2. The van der Waals surface area contributed by atoms with Gasteiger partial charge in [0.1, 0.15) is 0 Å². The Morgan fingerprint density at radius 1 is 1.21 bits per heavy atom. The van der Waals surface area contributed by atoms with Crippen molar-refractivity contribution in [2.75, 3.05) is 20.0 Å². The molecule has 3 N–H and O–H groups in total. The van der Waals surface area contributed by atoms with E-state index in [2.05, 4.69) is 9.97 Å². The van der Waals surface area contributed by atoms with Gasteiger partial charge in [0.2, 0.25) is 0 Å². The number of anilines is 1. The Hall–Kier alpha value is -1.91. The number of ether oxygens (including phenoxy) is 2. The number of H-pyrrole nitrogens is 1. The summed E-state index contributed by atoms with van der Waals surface area (Å²) in [5, 5.41) is 0. The molecule has 0 bridgehead atoms. The number of fused-ring (bicyclic) bond motifs is 1. The van der Waals surface area contributed by atoms with Crippen molar-refractivity contribution in [3.05, 3.63) is 12.1 Å². The number of rotatable bonds is 2. The molecule has 0 unspecified atom stereocenters. The molecule has 1 aromatic carbocycles. The average Bonchev–Trinajstić information content (AvgIpc) is 2.54. The van der Waals surface area contributed by atoms with Crippen molar-refractivity contribution in [3.8, 4) is 11.5 Å². The second-order valence-corrected chi connectivity index (χ2v) is 2.85. The Kier molecular flexibility index (Phi) is 1.92. The van der Waals surface area contributed by atoms with Crippen LogP contribution in [-0.4, -0.2) is 24.2 Å². The van der Waals surface area contributed by atoms with E-state index in [9.17, 15) is 0 Å². The predicted molar refractivity (Wildman–Crippen MR) is 53.6 cm³/mol. The molecular formula is C9H11N3O2. The highest BCUT2D eigenvalue weighted by atomic mass is 16.5. The molecule has 2 rings (SSSR count). The van der Waals surface area contributed by atoms with Gasteiger partial charge in [-0.15, -0.1) is 0 Å². The van der Waals surface area contributed by atoms with Crippen LogP contribution in [0.1, 0.15) is 0 Å². The summed E-state index contributed by atoms with van der Waals surface area (Å²) in [5.74, 6) is 1.69. The number of hydrogen-bond donors (Lipinski definition) is 2. The highest BCUT2D eigenvalue weighted by Gasteiger charge is 2.08. The van der Waals surface area contributed by atoms with E-state index < -0.39 is 0 Å². The Morgan fingerprint density at radius 2 is 1.86 bits per heavy atom. The molecule has 0 atom stereocenters. The minimum absolute atomic E-state index is 0.385. The number of hydrogen-bond acceptors (Lipinski definition) is 4. The molecule has 0 saturated heterocycles. The third-order valence-corrected chi connectivity index (χ3v) is 2.01. The zero-order valence-corrected chi connectivity index (χ0v) is 8.00. The molecular weight excluding hydrogens is 182 g/mol. The molecule has 74 valence electrons. The van der Waals surface area contributed by atoms with Crippen LogP contribution < -0.4 is 15.2 Å². The minimum atomic E-state index is 0.385. The van der Waals surface area contributed by atoms with Gasteiger partial charge in [-0.05, 0) is 0 Å². The number of benzene rings is 1. The molecule has 2 aromatic rings. The highest BCUT2D eigenvalue weighted by Crippen LogP contribution is 2.31. The van der Waals surface area contributed by atoms with E-state index in [1.54, 1.807) is 26.4 Å². The molecule has 14 heavy (non-hydrogen) atoms. The van der Waals surface area contributed by atoms with Gasteiger partial charge in [-0.25, -0.2) is 4.98 Å². The molecule has 5 heteroatoms. The van der Waals surface area contributed by atoms with Gasteiger partial charge in [0.15, 0.2) is 17.4 Å². The van der Waals surface area contributed by atoms with Crippen molar-refractivity contribution < 1.29 is 9.47 Å². The smallest absolute Gasteiger partial charge is 0.198 e. The van der Waals surface area contributed by atoms with Crippen molar-refractivity contribution in [1.29, 1.82) is 0 Å². The quantitative estimate of drug-likeness (QED) is 0.750. The minimum Gasteiger partial charge on any atom is -0.493 e. The Balaban J connectivity index is 2.68. The summed E-state index contributed by atoms with van der Waals surface area (Å²) in [7, 11) is 3.17. The number of nitrogens with zero attached hydrogens (tertiary/aromatic N) is 1. The molecule has 0 amide bonds. The number of imidazole rings is 1. The Labute approximate surface area is 80.8 Å². The first-order valence-corrected chi connectivity index (χ1v) is 4.12. The molecule has 0 radical (unpaired) electrons. The third kappa shape index (κ3) is 1.22. The van der Waals surface area contributed by atoms with E-state index in [1.165, 1.54) is 0 Å². The lowest BCUT2D eigenvalue weighted by atomic mass is 10.3. The first-order valence-electron chi connectivity index (χ1n) is 4.12. The normalized spacial score (nSPS) is 10.4. The van der Waals surface area contributed by atoms with E-state index in [-0.39, 0.29) is 0 Å². The van der Waals surface area contributed by atoms with Gasteiger partial charge in [-0.2, -0.15) is 0 Å². The zero-order chi connectivity index (χ0) is 10.1. The van der Waals surface area contributed by atoms with Gasteiger partial charge in [0.05, 0.1) is 25.3 Å². The maximum Gasteiger partial charge on any atom is 0.198 e.